The average molecular weight is 290 g/mol. The Balaban J connectivity index is 2.37. The molecule has 1 saturated heterocycles. The van der Waals surface area contributed by atoms with Gasteiger partial charge in [-0.15, -0.1) is 0 Å². The monoisotopic (exact) mass is 290 g/mol. The van der Waals surface area contributed by atoms with Crippen molar-refractivity contribution in [2.45, 2.75) is 33.2 Å². The fourth-order valence-corrected chi connectivity index (χ4v) is 2.55. The first-order valence-corrected chi connectivity index (χ1v) is 7.19. The Kier molecular flexibility index (Phi) is 4.50. The van der Waals surface area contributed by atoms with E-state index in [0.717, 1.165) is 17.0 Å². The van der Waals surface area contributed by atoms with E-state index in [1.54, 1.807) is 12.0 Å². The summed E-state index contributed by atoms with van der Waals surface area (Å²) in [4.78, 5) is 26.2. The number of benzene rings is 1. The number of ether oxygens (including phenoxy) is 1. The number of carbonyl (C=O) groups is 2. The molecule has 1 aliphatic rings. The lowest BCUT2D eigenvalue weighted by molar-refractivity contribution is -0.126. The van der Waals surface area contributed by atoms with Crippen molar-refractivity contribution in [3.63, 3.8) is 0 Å². The number of rotatable bonds is 3. The van der Waals surface area contributed by atoms with Gasteiger partial charge in [0.1, 0.15) is 11.8 Å². The van der Waals surface area contributed by atoms with Crippen molar-refractivity contribution in [3.8, 4) is 5.75 Å². The van der Waals surface area contributed by atoms with Crippen LogP contribution in [0.15, 0.2) is 18.2 Å². The molecule has 0 bridgehead atoms. The van der Waals surface area contributed by atoms with Gasteiger partial charge in [0.25, 0.3) is 0 Å². The average Bonchev–Trinajstić information content (AvgIpc) is 2.59. The van der Waals surface area contributed by atoms with Gasteiger partial charge in [0, 0.05) is 18.7 Å². The molecule has 1 aromatic rings. The fourth-order valence-electron chi connectivity index (χ4n) is 2.55. The number of anilines is 1. The highest BCUT2D eigenvalue weighted by Crippen LogP contribution is 2.27. The Morgan fingerprint density at radius 2 is 2.05 bits per heavy atom. The van der Waals surface area contributed by atoms with Crippen LogP contribution >= 0.6 is 0 Å². The van der Waals surface area contributed by atoms with Crippen LogP contribution < -0.4 is 15.0 Å². The summed E-state index contributed by atoms with van der Waals surface area (Å²) in [6, 6.07) is 5.13. The van der Waals surface area contributed by atoms with Crippen molar-refractivity contribution >= 4 is 17.5 Å². The minimum absolute atomic E-state index is 0.0517. The molecule has 0 radical (unpaired) electrons. The number of aryl methyl sites for hydroxylation is 1. The third-order valence-corrected chi connectivity index (χ3v) is 3.77. The summed E-state index contributed by atoms with van der Waals surface area (Å²) < 4.78 is 5.20. The smallest absolute Gasteiger partial charge is 0.249 e. The number of hydrogen-bond acceptors (Lipinski definition) is 3. The van der Waals surface area contributed by atoms with Gasteiger partial charge in [-0.25, -0.2) is 0 Å². The van der Waals surface area contributed by atoms with Gasteiger partial charge in [0.2, 0.25) is 11.8 Å². The van der Waals surface area contributed by atoms with Crippen LogP contribution in [-0.4, -0.2) is 31.5 Å². The molecule has 1 atom stereocenters. The Morgan fingerprint density at radius 3 is 2.62 bits per heavy atom. The van der Waals surface area contributed by atoms with Gasteiger partial charge in [-0.1, -0.05) is 13.8 Å². The molecule has 0 aromatic heterocycles. The number of methoxy groups -OCH3 is 1. The summed E-state index contributed by atoms with van der Waals surface area (Å²) >= 11 is 0. The highest BCUT2D eigenvalue weighted by atomic mass is 16.5. The Morgan fingerprint density at radius 1 is 1.33 bits per heavy atom. The first-order chi connectivity index (χ1) is 9.93. The van der Waals surface area contributed by atoms with Gasteiger partial charge in [-0.2, -0.15) is 0 Å². The second-order valence-electron chi connectivity index (χ2n) is 5.68. The minimum Gasteiger partial charge on any atom is -0.497 e. The molecule has 1 N–H and O–H groups in total. The van der Waals surface area contributed by atoms with E-state index in [-0.39, 0.29) is 17.7 Å². The molecule has 5 nitrogen and oxygen atoms in total. The summed E-state index contributed by atoms with van der Waals surface area (Å²) in [5.74, 6) is 0.688. The topological polar surface area (TPSA) is 58.6 Å². The first kappa shape index (κ1) is 15.4. The van der Waals surface area contributed by atoms with Gasteiger partial charge >= 0.3 is 0 Å². The number of nitrogens with one attached hydrogen (secondary N) is 1. The van der Waals surface area contributed by atoms with Crippen molar-refractivity contribution < 1.29 is 14.3 Å². The van der Waals surface area contributed by atoms with Gasteiger partial charge < -0.3 is 15.0 Å². The number of nitrogens with zero attached hydrogens (tertiary/aromatic N) is 1. The van der Waals surface area contributed by atoms with Crippen molar-refractivity contribution in [1.29, 1.82) is 0 Å². The molecule has 0 spiro atoms. The second-order valence-corrected chi connectivity index (χ2v) is 5.68. The number of amides is 2. The molecule has 114 valence electrons. The molecule has 1 aromatic carbocycles. The summed E-state index contributed by atoms with van der Waals surface area (Å²) in [6.45, 7) is 6.22. The van der Waals surface area contributed by atoms with Crippen molar-refractivity contribution in [2.24, 2.45) is 5.92 Å². The summed E-state index contributed by atoms with van der Waals surface area (Å²) in [7, 11) is 1.61. The largest absolute Gasteiger partial charge is 0.497 e. The standard InChI is InChI=1S/C16H22N2O3/c1-10(2)15-16(20)18(8-7-14(19)17-15)13-6-5-12(21-4)9-11(13)3/h5-6,9-10,15H,7-8H2,1-4H3,(H,17,19). The molecule has 5 heteroatoms. The van der Waals surface area contributed by atoms with Crippen molar-refractivity contribution in [3.05, 3.63) is 23.8 Å². The third kappa shape index (κ3) is 3.17. The lowest BCUT2D eigenvalue weighted by Gasteiger charge is -2.27. The quantitative estimate of drug-likeness (QED) is 0.924. The molecule has 1 heterocycles. The number of hydrogen-bond donors (Lipinski definition) is 1. The molecular weight excluding hydrogens is 268 g/mol. The van der Waals surface area contributed by atoms with Gasteiger partial charge in [-0.05, 0) is 36.6 Å². The second kappa shape index (κ2) is 6.16. The molecule has 2 amide bonds. The maximum Gasteiger partial charge on any atom is 0.249 e. The molecule has 21 heavy (non-hydrogen) atoms. The SMILES string of the molecule is COc1ccc(N2CCC(=O)NC(C(C)C)C2=O)c(C)c1. The van der Waals surface area contributed by atoms with E-state index in [2.05, 4.69) is 5.32 Å². The maximum absolute atomic E-state index is 12.7. The molecule has 2 rings (SSSR count). The number of carbonyl (C=O) groups excluding carboxylic acids is 2. The van der Waals surface area contributed by atoms with E-state index in [0.29, 0.717) is 13.0 Å². The lowest BCUT2D eigenvalue weighted by atomic mass is 10.0. The first-order valence-electron chi connectivity index (χ1n) is 7.19. The van der Waals surface area contributed by atoms with E-state index in [1.807, 2.05) is 39.0 Å². The van der Waals surface area contributed by atoms with Crippen molar-refractivity contribution in [2.75, 3.05) is 18.6 Å². The van der Waals surface area contributed by atoms with Gasteiger partial charge in [0.15, 0.2) is 0 Å². The van der Waals surface area contributed by atoms with E-state index in [1.165, 1.54) is 0 Å². The predicted octanol–water partition coefficient (Wildman–Crippen LogP) is 1.88. The molecule has 0 saturated carbocycles. The zero-order chi connectivity index (χ0) is 15.6. The summed E-state index contributed by atoms with van der Waals surface area (Å²) in [5.41, 5.74) is 1.79. The van der Waals surface area contributed by atoms with Crippen LogP contribution in [0.1, 0.15) is 25.8 Å². The summed E-state index contributed by atoms with van der Waals surface area (Å²) in [5, 5.41) is 2.81. The molecule has 1 aliphatic heterocycles. The molecule has 1 fully saturated rings. The van der Waals surface area contributed by atoms with E-state index in [9.17, 15) is 9.59 Å². The maximum atomic E-state index is 12.7. The Hall–Kier alpha value is -2.04. The predicted molar refractivity (Wildman–Crippen MR) is 81.5 cm³/mol. The van der Waals surface area contributed by atoms with E-state index in [4.69, 9.17) is 4.74 Å². The zero-order valence-corrected chi connectivity index (χ0v) is 13.0. The Bertz CT molecular complexity index is 554. The van der Waals surface area contributed by atoms with Crippen LogP contribution in [0.3, 0.4) is 0 Å². The highest BCUT2D eigenvalue weighted by Gasteiger charge is 2.33. The lowest BCUT2D eigenvalue weighted by Crippen LogP contribution is -2.48. The van der Waals surface area contributed by atoms with Crippen molar-refractivity contribution in [1.82, 2.24) is 5.32 Å². The van der Waals surface area contributed by atoms with Crippen LogP contribution in [-0.2, 0) is 9.59 Å². The third-order valence-electron chi connectivity index (χ3n) is 3.77. The van der Waals surface area contributed by atoms with E-state index >= 15 is 0 Å². The zero-order valence-electron chi connectivity index (χ0n) is 13.0. The fraction of sp³-hybridized carbons (Fsp3) is 0.500. The highest BCUT2D eigenvalue weighted by molar-refractivity contribution is 6.01. The Labute approximate surface area is 125 Å². The summed E-state index contributed by atoms with van der Waals surface area (Å²) in [6.07, 6.45) is 0.320. The molecule has 1 unspecified atom stereocenters. The van der Waals surface area contributed by atoms with Gasteiger partial charge in [0.05, 0.1) is 7.11 Å². The van der Waals surface area contributed by atoms with Crippen LogP contribution in [0.5, 0.6) is 5.75 Å². The van der Waals surface area contributed by atoms with Crippen LogP contribution in [0.25, 0.3) is 0 Å². The molecular formula is C16H22N2O3. The normalized spacial score (nSPS) is 19.5. The minimum atomic E-state index is -0.471. The molecule has 0 aliphatic carbocycles. The van der Waals surface area contributed by atoms with Crippen LogP contribution in [0.2, 0.25) is 0 Å². The van der Waals surface area contributed by atoms with Crippen LogP contribution in [0.4, 0.5) is 5.69 Å². The van der Waals surface area contributed by atoms with Gasteiger partial charge in [-0.3, -0.25) is 9.59 Å². The van der Waals surface area contributed by atoms with Crippen LogP contribution in [0, 0.1) is 12.8 Å². The van der Waals surface area contributed by atoms with E-state index < -0.39 is 6.04 Å².